The first-order valence-corrected chi connectivity index (χ1v) is 10.2. The Hall–Kier alpha value is -3.35. The molecule has 1 atom stereocenters. The Morgan fingerprint density at radius 1 is 1.19 bits per heavy atom. The van der Waals surface area contributed by atoms with Crippen molar-refractivity contribution in [1.82, 2.24) is 15.2 Å². The molecule has 4 aromatic rings. The lowest BCUT2D eigenvalue weighted by atomic mass is 10.1. The summed E-state index contributed by atoms with van der Waals surface area (Å²) >= 11 is 12.5. The topological polar surface area (TPSA) is 79.9 Å². The second-order valence-electron chi connectivity index (χ2n) is 6.80. The zero-order chi connectivity index (χ0) is 22.0. The van der Waals surface area contributed by atoms with E-state index in [0.717, 1.165) is 16.5 Å². The highest BCUT2D eigenvalue weighted by atomic mass is 35.5. The second kappa shape index (κ2) is 8.79. The molecule has 2 aromatic heterocycles. The molecule has 8 heteroatoms. The lowest BCUT2D eigenvalue weighted by molar-refractivity contribution is -0.111. The van der Waals surface area contributed by atoms with Crippen LogP contribution in [0, 0.1) is 0 Å². The fraction of sp³-hybridized carbons (Fsp3) is 0.0870. The van der Waals surface area contributed by atoms with Gasteiger partial charge in [-0.1, -0.05) is 48.0 Å². The van der Waals surface area contributed by atoms with Gasteiger partial charge in [0.1, 0.15) is 17.5 Å². The highest BCUT2D eigenvalue weighted by molar-refractivity contribution is 6.35. The highest BCUT2D eigenvalue weighted by Gasteiger charge is 2.18. The van der Waals surface area contributed by atoms with Crippen molar-refractivity contribution in [3.63, 3.8) is 0 Å². The molecule has 0 aliphatic heterocycles. The molecular formula is C23H18Cl2N4O2. The number of benzene rings is 2. The lowest BCUT2D eigenvalue weighted by Gasteiger charge is -2.17. The van der Waals surface area contributed by atoms with Crippen LogP contribution in [0.5, 0.6) is 5.75 Å². The number of halogens is 2. The Labute approximate surface area is 188 Å². The number of aromatic nitrogens is 3. The number of carbonyl (C=O) groups is 1. The van der Waals surface area contributed by atoms with Gasteiger partial charge in [0.05, 0.1) is 21.2 Å². The van der Waals surface area contributed by atoms with Crippen LogP contribution in [0.15, 0.2) is 67.5 Å². The summed E-state index contributed by atoms with van der Waals surface area (Å²) in [4.78, 5) is 15.8. The van der Waals surface area contributed by atoms with Gasteiger partial charge in [0, 0.05) is 28.9 Å². The van der Waals surface area contributed by atoms with Gasteiger partial charge >= 0.3 is 0 Å². The van der Waals surface area contributed by atoms with Gasteiger partial charge in [0.2, 0.25) is 5.91 Å². The number of ether oxygens (including phenoxy) is 1. The zero-order valence-corrected chi connectivity index (χ0v) is 18.0. The number of hydrogen-bond acceptors (Lipinski definition) is 4. The predicted octanol–water partition coefficient (Wildman–Crippen LogP) is 6.20. The van der Waals surface area contributed by atoms with Crippen LogP contribution in [0.2, 0.25) is 10.0 Å². The third-order valence-corrected chi connectivity index (χ3v) is 5.37. The molecule has 0 spiro atoms. The Balaban J connectivity index is 1.71. The molecule has 2 heterocycles. The number of anilines is 1. The third kappa shape index (κ3) is 4.26. The van der Waals surface area contributed by atoms with Crippen molar-refractivity contribution in [2.45, 2.75) is 13.0 Å². The number of aromatic amines is 1. The van der Waals surface area contributed by atoms with Gasteiger partial charge in [0.15, 0.2) is 0 Å². The molecule has 0 bridgehead atoms. The smallest absolute Gasteiger partial charge is 0.247 e. The van der Waals surface area contributed by atoms with Crippen LogP contribution >= 0.6 is 23.2 Å². The van der Waals surface area contributed by atoms with E-state index in [0.29, 0.717) is 32.7 Å². The molecule has 2 aromatic carbocycles. The monoisotopic (exact) mass is 452 g/mol. The van der Waals surface area contributed by atoms with Gasteiger partial charge in [-0.25, -0.2) is 0 Å². The Morgan fingerprint density at radius 3 is 2.68 bits per heavy atom. The minimum absolute atomic E-state index is 0.295. The molecule has 0 fully saturated rings. The van der Waals surface area contributed by atoms with E-state index >= 15 is 0 Å². The first kappa shape index (κ1) is 20.9. The van der Waals surface area contributed by atoms with E-state index in [2.05, 4.69) is 27.1 Å². The summed E-state index contributed by atoms with van der Waals surface area (Å²) in [5.74, 6) is 0.329. The van der Waals surface area contributed by atoms with Crippen LogP contribution in [0.1, 0.15) is 18.6 Å². The van der Waals surface area contributed by atoms with Crippen LogP contribution in [-0.4, -0.2) is 21.1 Å². The summed E-state index contributed by atoms with van der Waals surface area (Å²) < 4.78 is 6.12. The van der Waals surface area contributed by atoms with Crippen molar-refractivity contribution in [3.05, 3.63) is 83.1 Å². The largest absolute Gasteiger partial charge is 0.486 e. The number of amides is 1. The average molecular weight is 453 g/mol. The van der Waals surface area contributed by atoms with Crippen LogP contribution in [0.25, 0.3) is 22.2 Å². The molecule has 0 unspecified atom stereocenters. The number of hydrogen-bond donors (Lipinski definition) is 2. The lowest BCUT2D eigenvalue weighted by Crippen LogP contribution is -2.08. The molecular weight excluding hydrogens is 435 g/mol. The van der Waals surface area contributed by atoms with Crippen LogP contribution in [0.3, 0.4) is 0 Å². The van der Waals surface area contributed by atoms with Gasteiger partial charge < -0.3 is 10.1 Å². The average Bonchev–Trinajstić information content (AvgIpc) is 3.17. The molecule has 0 saturated heterocycles. The van der Waals surface area contributed by atoms with Crippen molar-refractivity contribution in [3.8, 4) is 17.0 Å². The molecule has 156 valence electrons. The number of rotatable bonds is 6. The molecule has 0 aliphatic rings. The van der Waals surface area contributed by atoms with Gasteiger partial charge in [-0.05, 0) is 37.3 Å². The normalized spacial score (nSPS) is 11.8. The number of para-hydroxylation sites is 1. The summed E-state index contributed by atoms with van der Waals surface area (Å²) in [7, 11) is 0. The van der Waals surface area contributed by atoms with Gasteiger partial charge in [-0.2, -0.15) is 5.10 Å². The molecule has 2 N–H and O–H groups in total. The fourth-order valence-electron chi connectivity index (χ4n) is 3.33. The highest BCUT2D eigenvalue weighted by Crippen LogP contribution is 2.36. The van der Waals surface area contributed by atoms with E-state index in [-0.39, 0.29) is 5.91 Å². The Bertz CT molecular complexity index is 1270. The molecule has 0 saturated carbocycles. The summed E-state index contributed by atoms with van der Waals surface area (Å²) in [6.07, 6.45) is 3.90. The summed E-state index contributed by atoms with van der Waals surface area (Å²) in [6, 6.07) is 13.0. The van der Waals surface area contributed by atoms with E-state index in [1.807, 2.05) is 49.4 Å². The van der Waals surface area contributed by atoms with E-state index in [1.54, 1.807) is 0 Å². The van der Waals surface area contributed by atoms with Crippen molar-refractivity contribution in [1.29, 1.82) is 0 Å². The number of pyridine rings is 1. The third-order valence-electron chi connectivity index (χ3n) is 4.77. The summed E-state index contributed by atoms with van der Waals surface area (Å²) in [6.45, 7) is 5.37. The van der Waals surface area contributed by atoms with Crippen molar-refractivity contribution in [2.75, 3.05) is 5.32 Å². The Morgan fingerprint density at radius 2 is 1.94 bits per heavy atom. The predicted molar refractivity (Wildman–Crippen MR) is 124 cm³/mol. The SMILES string of the molecule is C=CC(=O)Nc1ccccc1-c1n[nH]c2ccc(O[C@H](C)c3c(Cl)cncc3Cl)cc12. The first-order chi connectivity index (χ1) is 15.0. The summed E-state index contributed by atoms with van der Waals surface area (Å²) in [5, 5.41) is 12.0. The van der Waals surface area contributed by atoms with E-state index < -0.39 is 6.10 Å². The van der Waals surface area contributed by atoms with Crippen molar-refractivity contribution < 1.29 is 9.53 Å². The molecule has 31 heavy (non-hydrogen) atoms. The summed E-state index contributed by atoms with van der Waals surface area (Å²) in [5.41, 5.74) is 3.60. The quantitative estimate of drug-likeness (QED) is 0.341. The van der Waals surface area contributed by atoms with Crippen LogP contribution in [0.4, 0.5) is 5.69 Å². The van der Waals surface area contributed by atoms with E-state index in [9.17, 15) is 4.79 Å². The molecule has 6 nitrogen and oxygen atoms in total. The standard InChI is InChI=1S/C23H18Cl2N4O2/c1-3-21(30)27-19-7-5-4-6-15(19)23-16-10-14(8-9-20(16)28-29-23)31-13(2)22-17(24)11-26-12-18(22)25/h3-13H,1H2,2H3,(H,27,30)(H,28,29)/t13-/m1/s1. The fourth-order valence-corrected chi connectivity index (χ4v) is 4.00. The zero-order valence-electron chi connectivity index (χ0n) is 16.5. The number of carbonyl (C=O) groups excluding carboxylic acids is 1. The van der Waals surface area contributed by atoms with Crippen molar-refractivity contribution >= 4 is 45.7 Å². The molecule has 0 aliphatic carbocycles. The maximum Gasteiger partial charge on any atom is 0.247 e. The molecule has 1 amide bonds. The van der Waals surface area contributed by atoms with Crippen LogP contribution in [-0.2, 0) is 4.79 Å². The maximum absolute atomic E-state index is 11.8. The van der Waals surface area contributed by atoms with E-state index in [4.69, 9.17) is 27.9 Å². The van der Waals surface area contributed by atoms with Gasteiger partial charge in [-0.3, -0.25) is 14.9 Å². The minimum Gasteiger partial charge on any atom is -0.486 e. The van der Waals surface area contributed by atoms with Crippen molar-refractivity contribution in [2.24, 2.45) is 0 Å². The Kier molecular flexibility index (Phi) is 5.93. The van der Waals surface area contributed by atoms with Gasteiger partial charge in [-0.15, -0.1) is 0 Å². The van der Waals surface area contributed by atoms with E-state index in [1.165, 1.54) is 18.5 Å². The first-order valence-electron chi connectivity index (χ1n) is 9.44. The van der Waals surface area contributed by atoms with Crippen LogP contribution < -0.4 is 10.1 Å². The maximum atomic E-state index is 11.8. The second-order valence-corrected chi connectivity index (χ2v) is 7.61. The minimum atomic E-state index is -0.394. The number of nitrogens with zero attached hydrogens (tertiary/aromatic N) is 2. The van der Waals surface area contributed by atoms with Gasteiger partial charge in [0.25, 0.3) is 0 Å². The number of H-pyrrole nitrogens is 1. The number of fused-ring (bicyclic) bond motifs is 1. The number of nitrogens with one attached hydrogen (secondary N) is 2. The molecule has 0 radical (unpaired) electrons. The molecule has 4 rings (SSSR count).